The van der Waals surface area contributed by atoms with Crippen LogP contribution in [0.15, 0.2) is 12.2 Å². The first-order valence-electron chi connectivity index (χ1n) is 13.5. The van der Waals surface area contributed by atoms with E-state index in [1.54, 1.807) is 0 Å². The van der Waals surface area contributed by atoms with Crippen LogP contribution in [0.2, 0.25) is 0 Å². The van der Waals surface area contributed by atoms with Crippen molar-refractivity contribution in [1.82, 2.24) is 5.32 Å². The molecule has 4 aliphatic heterocycles. The largest absolute Gasteiger partial charge is 0.554 e. The molecule has 0 saturated carbocycles. The van der Waals surface area contributed by atoms with Crippen molar-refractivity contribution < 1.29 is 44.8 Å². The molecular weight excluding hydrogens is 500 g/mol. The van der Waals surface area contributed by atoms with Crippen molar-refractivity contribution >= 4 is 24.1 Å². The van der Waals surface area contributed by atoms with E-state index < -0.39 is 42.4 Å². The third-order valence-electron chi connectivity index (χ3n) is 7.93. The van der Waals surface area contributed by atoms with Crippen LogP contribution in [0.1, 0.15) is 46.5 Å². The Morgan fingerprint density at radius 2 is 1.97 bits per heavy atom. The van der Waals surface area contributed by atoms with Gasteiger partial charge in [-0.2, -0.15) is 0 Å². The summed E-state index contributed by atoms with van der Waals surface area (Å²) in [4.78, 5) is 21.8. The van der Waals surface area contributed by atoms with Crippen LogP contribution in [-0.2, 0) is 19.1 Å². The summed E-state index contributed by atoms with van der Waals surface area (Å²) in [6, 6.07) is -0.871. The van der Waals surface area contributed by atoms with Crippen molar-refractivity contribution in [3.05, 3.63) is 12.2 Å². The van der Waals surface area contributed by atoms with E-state index in [-0.39, 0.29) is 24.0 Å². The molecule has 3 saturated heterocycles. The summed E-state index contributed by atoms with van der Waals surface area (Å²) in [5, 5.41) is 45.2. The molecule has 11 heteroatoms. The number of hydrogen-bond donors (Lipinski definition) is 5. The number of carbonyl (C=O) groups is 2. The normalized spacial score (nSPS) is 42.9. The molecule has 37 heavy (non-hydrogen) atoms. The van der Waals surface area contributed by atoms with Crippen molar-refractivity contribution in [3.63, 3.8) is 0 Å². The van der Waals surface area contributed by atoms with E-state index in [9.17, 15) is 20.1 Å². The van der Waals surface area contributed by atoms with Gasteiger partial charge in [-0.15, -0.1) is 11.8 Å². The molecule has 3 fully saturated rings. The van der Waals surface area contributed by atoms with Gasteiger partial charge in [0, 0.05) is 19.0 Å². The van der Waals surface area contributed by atoms with Gasteiger partial charge in [0.25, 0.3) is 5.91 Å². The number of quaternary nitrogens is 1. The minimum atomic E-state index is -1.32. The van der Waals surface area contributed by atoms with E-state index in [0.717, 1.165) is 31.6 Å². The van der Waals surface area contributed by atoms with E-state index in [2.05, 4.69) is 30.6 Å². The number of amides is 1. The van der Waals surface area contributed by atoms with Crippen molar-refractivity contribution in [2.75, 3.05) is 18.9 Å². The van der Waals surface area contributed by atoms with Gasteiger partial charge in [-0.25, -0.2) is 0 Å². The van der Waals surface area contributed by atoms with Crippen LogP contribution in [0, 0.1) is 23.7 Å². The predicted molar refractivity (Wildman–Crippen MR) is 136 cm³/mol. The summed E-state index contributed by atoms with van der Waals surface area (Å²) in [6.45, 7) is 7.57. The second kappa shape index (κ2) is 14.3. The summed E-state index contributed by atoms with van der Waals surface area (Å²) >= 11 is 1.42. The Bertz CT molecular complexity index is 771. The van der Waals surface area contributed by atoms with Crippen LogP contribution in [-0.4, -0.2) is 94.6 Å². The maximum absolute atomic E-state index is 13.6. The Hall–Kier alpha value is -1.21. The molecule has 6 N–H and O–H groups in total. The zero-order valence-electron chi connectivity index (χ0n) is 22.0. The highest BCUT2D eigenvalue weighted by Gasteiger charge is 2.51. The molecule has 212 valence electrons. The number of thioether (sulfide) groups is 1. The number of fused-ring (bicyclic) bond motifs is 3. The third-order valence-corrected chi connectivity index (χ3v) is 9.12. The fourth-order valence-corrected chi connectivity index (χ4v) is 7.24. The minimum absolute atomic E-state index is 0.113. The third kappa shape index (κ3) is 7.68. The van der Waals surface area contributed by atoms with Gasteiger partial charge in [0.2, 0.25) is 0 Å². The molecule has 4 aliphatic rings. The van der Waals surface area contributed by atoms with E-state index in [0.29, 0.717) is 24.4 Å². The molecule has 2 bridgehead atoms. The summed E-state index contributed by atoms with van der Waals surface area (Å²) in [7, 11) is 0. The van der Waals surface area contributed by atoms with Crippen LogP contribution < -0.4 is 15.7 Å². The number of carboxylic acid groups (broad SMARTS) is 1. The fourth-order valence-electron chi connectivity index (χ4n) is 6.17. The number of hydrogen-bond acceptors (Lipinski definition) is 9. The number of rotatable bonds is 4. The minimum Gasteiger partial charge on any atom is -0.554 e. The molecule has 0 aromatic carbocycles. The Morgan fingerprint density at radius 1 is 1.24 bits per heavy atom. The molecule has 11 atom stereocenters. The first-order chi connectivity index (χ1) is 17.7. The summed E-state index contributed by atoms with van der Waals surface area (Å²) < 4.78 is 12.3. The summed E-state index contributed by atoms with van der Waals surface area (Å²) in [5.41, 5.74) is -0.646. The van der Waals surface area contributed by atoms with Gasteiger partial charge in [-0.1, -0.05) is 32.9 Å². The van der Waals surface area contributed by atoms with Gasteiger partial charge in [0.1, 0.15) is 36.0 Å². The maximum atomic E-state index is 13.6. The number of nitrogens with two attached hydrogens (primary N) is 1. The van der Waals surface area contributed by atoms with E-state index >= 15 is 0 Å². The lowest BCUT2D eigenvalue weighted by Gasteiger charge is -2.45. The average Bonchev–Trinajstić information content (AvgIpc) is 3.14. The molecule has 0 unspecified atom stereocenters. The van der Waals surface area contributed by atoms with Gasteiger partial charge < -0.3 is 45.3 Å². The smallest absolute Gasteiger partial charge is 0.281 e. The van der Waals surface area contributed by atoms with Crippen molar-refractivity contribution in [1.29, 1.82) is 0 Å². The van der Waals surface area contributed by atoms with Gasteiger partial charge >= 0.3 is 0 Å². The van der Waals surface area contributed by atoms with E-state index in [1.165, 1.54) is 18.2 Å². The maximum Gasteiger partial charge on any atom is 0.281 e. The van der Waals surface area contributed by atoms with Gasteiger partial charge in [-0.3, -0.25) is 4.79 Å². The lowest BCUT2D eigenvalue weighted by Crippen LogP contribution is -2.91. The first kappa shape index (κ1) is 30.3. The highest BCUT2D eigenvalue weighted by atomic mass is 32.2. The second-order valence-electron chi connectivity index (χ2n) is 11.1. The van der Waals surface area contributed by atoms with Crippen molar-refractivity contribution in [2.24, 2.45) is 23.7 Å². The average molecular weight is 545 g/mol. The molecule has 0 aromatic heterocycles. The standard InChI is InChI=1S/C25H42N2O6S.CH2O2/c1-13(2)10-15-7-8-32-22-16(11-15)12-26-18(22)24(31)27-17-14(3)6-4-5-9-34-25-21(30)19(28)20(29)23(17)33-25;2-1-3/h4,6,13-23,25-26,28-30H,5,7-12H2,1-3H3,(H,27,31);1H,(H,2,3)/b6-4-;/t14-,15+,16+,17-,18+,19+,20-,21-,22-,23-,25-;/m1./s1. The zero-order valence-corrected chi connectivity index (χ0v) is 22.8. The highest BCUT2D eigenvalue weighted by Crippen LogP contribution is 2.34. The fraction of sp³-hybridized carbons (Fsp3) is 0.846. The topological polar surface area (TPSA) is 165 Å². The number of nitrogens with one attached hydrogen (secondary N) is 1. The van der Waals surface area contributed by atoms with Gasteiger partial charge in [-0.05, 0) is 49.2 Å². The predicted octanol–water partition coefficient (Wildman–Crippen LogP) is -1.62. The molecule has 0 spiro atoms. The van der Waals surface area contributed by atoms with Crippen molar-refractivity contribution in [3.8, 4) is 0 Å². The number of ether oxygens (including phenoxy) is 2. The van der Waals surface area contributed by atoms with Gasteiger partial charge in [0.15, 0.2) is 6.04 Å². The quantitative estimate of drug-likeness (QED) is 0.207. The van der Waals surface area contributed by atoms with Crippen LogP contribution in [0.4, 0.5) is 0 Å². The Kier molecular flexibility index (Phi) is 11.7. The van der Waals surface area contributed by atoms with E-state index in [1.807, 2.05) is 13.0 Å². The van der Waals surface area contributed by atoms with E-state index in [4.69, 9.17) is 19.4 Å². The number of allylic oxidation sites excluding steroid dienone is 1. The second-order valence-corrected chi connectivity index (χ2v) is 12.3. The van der Waals surface area contributed by atoms with Crippen LogP contribution in [0.3, 0.4) is 0 Å². The zero-order chi connectivity index (χ0) is 27.1. The monoisotopic (exact) mass is 544 g/mol. The Labute approximate surface area is 223 Å². The number of carbonyl (C=O) groups excluding carboxylic acids is 2. The lowest BCUT2D eigenvalue weighted by atomic mass is 9.85. The summed E-state index contributed by atoms with van der Waals surface area (Å²) in [6.07, 6.45) is 3.54. The molecule has 0 aliphatic carbocycles. The lowest BCUT2D eigenvalue weighted by molar-refractivity contribution is -0.662. The number of aliphatic hydroxyl groups is 3. The molecule has 10 nitrogen and oxygen atoms in total. The van der Waals surface area contributed by atoms with Crippen LogP contribution in [0.25, 0.3) is 0 Å². The molecule has 4 rings (SSSR count). The molecule has 1 amide bonds. The van der Waals surface area contributed by atoms with Gasteiger partial charge in [0.05, 0.1) is 12.6 Å². The highest BCUT2D eigenvalue weighted by molar-refractivity contribution is 7.99. The van der Waals surface area contributed by atoms with Crippen molar-refractivity contribution in [2.45, 2.75) is 94.5 Å². The molecule has 0 radical (unpaired) electrons. The van der Waals surface area contributed by atoms with Crippen LogP contribution >= 0.6 is 11.8 Å². The SMILES string of the molecule is CC(C)C[C@@H]1CCO[C@@H]2[C@H](C[NH2+][C@@H]2C(=O)N[C@H]2[C@H]3O[C@H](SCC/C=C\[C@H]2C)[C@H](O)[C@@H](O)[C@H]3O)C1.O=C[O-]. The summed E-state index contributed by atoms with van der Waals surface area (Å²) in [5.74, 6) is 2.17. The Balaban J connectivity index is 0.00000121. The molecule has 0 aromatic rings. The Morgan fingerprint density at radius 3 is 2.68 bits per heavy atom. The molecule has 4 heterocycles. The number of aliphatic hydroxyl groups excluding tert-OH is 3. The van der Waals surface area contributed by atoms with Crippen LogP contribution in [0.5, 0.6) is 0 Å². The first-order valence-corrected chi connectivity index (χ1v) is 14.5. The molecular formula is C26H44N2O8S.